The molecule has 0 saturated heterocycles. The Labute approximate surface area is 102 Å². The third-order valence-corrected chi connectivity index (χ3v) is 3.04. The lowest BCUT2D eigenvalue weighted by Crippen LogP contribution is -2.25. The molecule has 0 amide bonds. The van der Waals surface area contributed by atoms with Crippen LogP contribution in [0.25, 0.3) is 0 Å². The summed E-state index contributed by atoms with van der Waals surface area (Å²) in [4.78, 5) is 13.4. The van der Waals surface area contributed by atoms with E-state index in [1.807, 2.05) is 11.9 Å². The molecule has 1 aromatic carbocycles. The van der Waals surface area contributed by atoms with Crippen LogP contribution in [0.4, 0.5) is 10.1 Å². The number of carbonyl (C=O) groups excluding carboxylic acids is 1. The maximum absolute atomic E-state index is 13.6. The molecule has 1 aromatic rings. The van der Waals surface area contributed by atoms with Crippen molar-refractivity contribution in [2.75, 3.05) is 18.5 Å². The number of ketones is 1. The first-order valence-electron chi connectivity index (χ1n) is 5.98. The van der Waals surface area contributed by atoms with E-state index in [1.165, 1.54) is 13.0 Å². The summed E-state index contributed by atoms with van der Waals surface area (Å²) in [5, 5.41) is 0. The van der Waals surface area contributed by atoms with E-state index < -0.39 is 5.82 Å². The second kappa shape index (κ2) is 5.80. The third kappa shape index (κ3) is 3.29. The van der Waals surface area contributed by atoms with Gasteiger partial charge in [-0.2, -0.15) is 0 Å². The highest BCUT2D eigenvalue weighted by Crippen LogP contribution is 2.23. The fourth-order valence-corrected chi connectivity index (χ4v) is 1.87. The summed E-state index contributed by atoms with van der Waals surface area (Å²) in [5.74, 6) is -0.150. The quantitative estimate of drug-likeness (QED) is 0.730. The molecule has 2 nitrogen and oxygen atoms in total. The van der Waals surface area contributed by atoms with Gasteiger partial charge in [0.15, 0.2) is 5.78 Å². The number of rotatable bonds is 5. The van der Waals surface area contributed by atoms with E-state index in [4.69, 9.17) is 0 Å². The summed E-state index contributed by atoms with van der Waals surface area (Å²) >= 11 is 0. The molecule has 0 saturated carbocycles. The third-order valence-electron chi connectivity index (χ3n) is 3.04. The fourth-order valence-electron chi connectivity index (χ4n) is 1.87. The van der Waals surface area contributed by atoms with Crippen LogP contribution in [0, 0.1) is 11.7 Å². The van der Waals surface area contributed by atoms with Gasteiger partial charge in [-0.1, -0.05) is 26.3 Å². The highest BCUT2D eigenvalue weighted by atomic mass is 19.1. The Kier molecular flexibility index (Phi) is 4.67. The molecule has 94 valence electrons. The van der Waals surface area contributed by atoms with Gasteiger partial charge < -0.3 is 4.90 Å². The molecule has 1 unspecified atom stereocenters. The Morgan fingerprint density at radius 1 is 1.47 bits per heavy atom. The van der Waals surface area contributed by atoms with Crippen LogP contribution in [-0.2, 0) is 0 Å². The van der Waals surface area contributed by atoms with E-state index in [0.717, 1.165) is 13.0 Å². The number of anilines is 1. The summed E-state index contributed by atoms with van der Waals surface area (Å²) in [5.41, 5.74) is 0.871. The van der Waals surface area contributed by atoms with Gasteiger partial charge in [0.05, 0.1) is 11.3 Å². The van der Waals surface area contributed by atoms with Crippen LogP contribution in [0.5, 0.6) is 0 Å². The molecule has 0 aliphatic rings. The van der Waals surface area contributed by atoms with Gasteiger partial charge in [0.25, 0.3) is 0 Å². The van der Waals surface area contributed by atoms with Crippen LogP contribution in [0.3, 0.4) is 0 Å². The summed E-state index contributed by atoms with van der Waals surface area (Å²) in [6.07, 6.45) is 1.06. The van der Waals surface area contributed by atoms with Gasteiger partial charge in [0.1, 0.15) is 5.82 Å². The monoisotopic (exact) mass is 237 g/mol. The molecule has 17 heavy (non-hydrogen) atoms. The normalized spacial score (nSPS) is 12.3. The number of halogens is 1. The lowest BCUT2D eigenvalue weighted by atomic mass is 10.1. The van der Waals surface area contributed by atoms with Crippen LogP contribution in [0.2, 0.25) is 0 Å². The van der Waals surface area contributed by atoms with E-state index in [0.29, 0.717) is 11.6 Å². The Bertz CT molecular complexity index is 403. The van der Waals surface area contributed by atoms with Crippen molar-refractivity contribution in [3.05, 3.63) is 29.6 Å². The van der Waals surface area contributed by atoms with Gasteiger partial charge in [0, 0.05) is 13.6 Å². The SMILES string of the molecule is CCC(C)CN(C)c1cccc(F)c1C(C)=O. The van der Waals surface area contributed by atoms with Gasteiger partial charge in [-0.3, -0.25) is 4.79 Å². The number of nitrogens with zero attached hydrogens (tertiary/aromatic N) is 1. The number of Topliss-reactive ketones (excluding diaryl/α,β-unsaturated/α-hetero) is 1. The summed E-state index contributed by atoms with van der Waals surface area (Å²) in [7, 11) is 1.90. The van der Waals surface area contributed by atoms with Crippen LogP contribution in [-0.4, -0.2) is 19.4 Å². The zero-order chi connectivity index (χ0) is 13.0. The van der Waals surface area contributed by atoms with Crippen molar-refractivity contribution in [1.29, 1.82) is 0 Å². The van der Waals surface area contributed by atoms with Crippen molar-refractivity contribution in [2.45, 2.75) is 27.2 Å². The van der Waals surface area contributed by atoms with Gasteiger partial charge in [0.2, 0.25) is 0 Å². The maximum Gasteiger partial charge on any atom is 0.164 e. The molecule has 0 radical (unpaired) electrons. The zero-order valence-electron chi connectivity index (χ0n) is 11.0. The molecule has 0 aliphatic carbocycles. The van der Waals surface area contributed by atoms with Gasteiger partial charge >= 0.3 is 0 Å². The first-order valence-corrected chi connectivity index (χ1v) is 5.98. The standard InChI is InChI=1S/C14H20FNO/c1-5-10(2)9-16(4)13-8-6-7-12(15)14(13)11(3)17/h6-8,10H,5,9H2,1-4H3. The van der Waals surface area contributed by atoms with Crippen LogP contribution in [0.1, 0.15) is 37.6 Å². The van der Waals surface area contributed by atoms with Crippen molar-refractivity contribution >= 4 is 11.5 Å². The van der Waals surface area contributed by atoms with Gasteiger partial charge in [-0.15, -0.1) is 0 Å². The molecule has 0 heterocycles. The molecule has 3 heteroatoms. The molecule has 0 N–H and O–H groups in total. The van der Waals surface area contributed by atoms with Crippen molar-refractivity contribution in [2.24, 2.45) is 5.92 Å². The minimum absolute atomic E-state index is 0.193. The molecule has 0 bridgehead atoms. The minimum atomic E-state index is -0.439. The lowest BCUT2D eigenvalue weighted by Gasteiger charge is -2.24. The summed E-state index contributed by atoms with van der Waals surface area (Å²) < 4.78 is 13.6. The van der Waals surface area contributed by atoms with Crippen molar-refractivity contribution in [3.63, 3.8) is 0 Å². The first-order chi connectivity index (χ1) is 7.97. The van der Waals surface area contributed by atoms with E-state index in [1.54, 1.807) is 12.1 Å². The second-order valence-corrected chi connectivity index (χ2v) is 4.58. The number of carbonyl (C=O) groups is 1. The summed E-state index contributed by atoms with van der Waals surface area (Å²) in [6, 6.07) is 4.77. The zero-order valence-corrected chi connectivity index (χ0v) is 11.0. The highest BCUT2D eigenvalue weighted by Gasteiger charge is 2.16. The molecule has 1 rings (SSSR count). The van der Waals surface area contributed by atoms with Crippen molar-refractivity contribution in [3.8, 4) is 0 Å². The lowest BCUT2D eigenvalue weighted by molar-refractivity contribution is 0.101. The average molecular weight is 237 g/mol. The highest BCUT2D eigenvalue weighted by molar-refractivity contribution is 5.99. The van der Waals surface area contributed by atoms with Crippen LogP contribution >= 0.6 is 0 Å². The number of benzene rings is 1. The average Bonchev–Trinajstić information content (AvgIpc) is 2.27. The molecule has 0 fully saturated rings. The van der Waals surface area contributed by atoms with E-state index in [2.05, 4.69) is 13.8 Å². The molecule has 0 spiro atoms. The molecule has 0 aromatic heterocycles. The van der Waals surface area contributed by atoms with Gasteiger partial charge in [-0.25, -0.2) is 4.39 Å². The Morgan fingerprint density at radius 3 is 2.65 bits per heavy atom. The fraction of sp³-hybridized carbons (Fsp3) is 0.500. The maximum atomic E-state index is 13.6. The Morgan fingerprint density at radius 2 is 2.12 bits per heavy atom. The molecule has 0 aliphatic heterocycles. The van der Waals surface area contributed by atoms with E-state index in [-0.39, 0.29) is 11.3 Å². The predicted molar refractivity (Wildman–Crippen MR) is 69.1 cm³/mol. The number of hydrogen-bond donors (Lipinski definition) is 0. The Balaban J connectivity index is 3.04. The second-order valence-electron chi connectivity index (χ2n) is 4.58. The number of hydrogen-bond acceptors (Lipinski definition) is 2. The Hall–Kier alpha value is -1.38. The van der Waals surface area contributed by atoms with E-state index in [9.17, 15) is 9.18 Å². The first kappa shape index (κ1) is 13.7. The molecular weight excluding hydrogens is 217 g/mol. The van der Waals surface area contributed by atoms with Gasteiger partial charge in [-0.05, 0) is 25.0 Å². The molecular formula is C14H20FNO. The largest absolute Gasteiger partial charge is 0.374 e. The van der Waals surface area contributed by atoms with Crippen molar-refractivity contribution in [1.82, 2.24) is 0 Å². The summed E-state index contributed by atoms with van der Waals surface area (Å²) in [6.45, 7) is 6.48. The molecule has 1 atom stereocenters. The van der Waals surface area contributed by atoms with E-state index >= 15 is 0 Å². The van der Waals surface area contributed by atoms with Crippen molar-refractivity contribution < 1.29 is 9.18 Å². The van der Waals surface area contributed by atoms with Crippen LogP contribution < -0.4 is 4.90 Å². The topological polar surface area (TPSA) is 20.3 Å². The van der Waals surface area contributed by atoms with Crippen LogP contribution in [0.15, 0.2) is 18.2 Å². The predicted octanol–water partition coefficient (Wildman–Crippen LogP) is 3.51. The smallest absolute Gasteiger partial charge is 0.164 e. The minimum Gasteiger partial charge on any atom is -0.374 e.